The second-order valence-corrected chi connectivity index (χ2v) is 6.53. The van der Waals surface area contributed by atoms with Crippen molar-refractivity contribution >= 4 is 28.6 Å². The van der Waals surface area contributed by atoms with Crippen LogP contribution in [-0.4, -0.2) is 29.7 Å². The highest BCUT2D eigenvalue weighted by Crippen LogP contribution is 2.20. The topological polar surface area (TPSA) is 63.6 Å². The Hall–Kier alpha value is -3.28. The Morgan fingerprint density at radius 2 is 2.00 bits per heavy atom. The lowest BCUT2D eigenvalue weighted by Gasteiger charge is -2.14. The van der Waals surface area contributed by atoms with Gasteiger partial charge in [0.15, 0.2) is 0 Å². The van der Waals surface area contributed by atoms with Gasteiger partial charge in [-0.1, -0.05) is 30.3 Å². The quantitative estimate of drug-likeness (QED) is 0.731. The van der Waals surface area contributed by atoms with Crippen molar-refractivity contribution < 1.29 is 14.3 Å². The largest absolute Gasteiger partial charge is 0.447 e. The van der Waals surface area contributed by atoms with Crippen molar-refractivity contribution in [2.45, 2.75) is 19.5 Å². The van der Waals surface area contributed by atoms with E-state index in [0.717, 1.165) is 16.8 Å². The van der Waals surface area contributed by atoms with E-state index in [0.29, 0.717) is 32.7 Å². The van der Waals surface area contributed by atoms with Gasteiger partial charge in [-0.15, -0.1) is 0 Å². The Balaban J connectivity index is 1.32. The van der Waals surface area contributed by atoms with Gasteiger partial charge in [-0.25, -0.2) is 4.79 Å². The number of aromatic nitrogens is 1. The van der Waals surface area contributed by atoms with Crippen molar-refractivity contribution in [2.75, 3.05) is 18.1 Å². The molecule has 2 aromatic carbocycles. The lowest BCUT2D eigenvalue weighted by Crippen LogP contribution is -2.25. The second-order valence-electron chi connectivity index (χ2n) is 6.53. The van der Waals surface area contributed by atoms with Gasteiger partial charge in [0.1, 0.15) is 6.61 Å². The average molecular weight is 363 g/mol. The molecule has 4 rings (SSSR count). The molecule has 138 valence electrons. The molecule has 0 unspecified atom stereocenters. The molecule has 6 heteroatoms. The van der Waals surface area contributed by atoms with Crippen LogP contribution in [0.2, 0.25) is 0 Å². The standard InChI is InChI=1S/C21H21N3O3/c25-20(9-11-23-10-8-17-5-1-2-7-19(17)23)22-15-16-4-3-6-18(14-16)24-12-13-27-21(24)26/h1-8,10,14H,9,11-13,15H2,(H,22,25). The van der Waals surface area contributed by atoms with Crippen LogP contribution in [0.3, 0.4) is 0 Å². The maximum absolute atomic E-state index is 12.2. The number of cyclic esters (lactones) is 1. The fourth-order valence-electron chi connectivity index (χ4n) is 3.31. The summed E-state index contributed by atoms with van der Waals surface area (Å²) in [5, 5.41) is 4.13. The van der Waals surface area contributed by atoms with E-state index in [-0.39, 0.29) is 12.0 Å². The maximum Gasteiger partial charge on any atom is 0.414 e. The van der Waals surface area contributed by atoms with Crippen LogP contribution < -0.4 is 10.2 Å². The van der Waals surface area contributed by atoms with Gasteiger partial charge in [0.25, 0.3) is 0 Å². The summed E-state index contributed by atoms with van der Waals surface area (Å²) in [6.07, 6.45) is 2.10. The number of hydrogen-bond acceptors (Lipinski definition) is 3. The molecule has 1 aliphatic heterocycles. The number of anilines is 1. The third-order valence-corrected chi connectivity index (χ3v) is 4.73. The van der Waals surface area contributed by atoms with Gasteiger partial charge in [0.2, 0.25) is 5.91 Å². The third-order valence-electron chi connectivity index (χ3n) is 4.73. The summed E-state index contributed by atoms with van der Waals surface area (Å²) in [6, 6.07) is 17.8. The Morgan fingerprint density at radius 1 is 1.11 bits per heavy atom. The first-order valence-corrected chi connectivity index (χ1v) is 9.04. The zero-order valence-corrected chi connectivity index (χ0v) is 14.9. The molecule has 0 bridgehead atoms. The number of ether oxygens (including phenoxy) is 1. The smallest absolute Gasteiger partial charge is 0.414 e. The molecule has 0 saturated carbocycles. The van der Waals surface area contributed by atoms with Crippen molar-refractivity contribution in [3.8, 4) is 0 Å². The zero-order valence-electron chi connectivity index (χ0n) is 14.9. The first-order valence-electron chi connectivity index (χ1n) is 9.04. The van der Waals surface area contributed by atoms with Crippen LogP contribution in [0.5, 0.6) is 0 Å². The first-order chi connectivity index (χ1) is 13.2. The number of nitrogens with one attached hydrogen (secondary N) is 1. The lowest BCUT2D eigenvalue weighted by molar-refractivity contribution is -0.121. The first kappa shape index (κ1) is 17.1. The molecule has 1 fully saturated rings. The van der Waals surface area contributed by atoms with Gasteiger partial charge in [-0.05, 0) is 35.2 Å². The van der Waals surface area contributed by atoms with E-state index in [2.05, 4.69) is 28.1 Å². The Bertz CT molecular complexity index is 979. The van der Waals surface area contributed by atoms with Gasteiger partial charge >= 0.3 is 6.09 Å². The summed E-state index contributed by atoms with van der Waals surface area (Å²) in [4.78, 5) is 25.5. The summed E-state index contributed by atoms with van der Waals surface area (Å²) in [6.45, 7) is 2.04. The predicted octanol–water partition coefficient (Wildman–Crippen LogP) is 3.30. The predicted molar refractivity (Wildman–Crippen MR) is 104 cm³/mol. The lowest BCUT2D eigenvalue weighted by atomic mass is 10.2. The number of carbonyl (C=O) groups excluding carboxylic acids is 2. The molecule has 0 aliphatic carbocycles. The molecule has 6 nitrogen and oxygen atoms in total. The van der Waals surface area contributed by atoms with Crippen LogP contribution >= 0.6 is 0 Å². The van der Waals surface area contributed by atoms with Gasteiger partial charge in [-0.2, -0.15) is 0 Å². The van der Waals surface area contributed by atoms with Crippen LogP contribution in [0.25, 0.3) is 10.9 Å². The molecular weight excluding hydrogens is 342 g/mol. The number of hydrogen-bond donors (Lipinski definition) is 1. The number of nitrogens with zero attached hydrogens (tertiary/aromatic N) is 2. The van der Waals surface area contributed by atoms with Crippen molar-refractivity contribution in [1.82, 2.24) is 9.88 Å². The number of aryl methyl sites for hydroxylation is 1. The minimum atomic E-state index is -0.324. The van der Waals surface area contributed by atoms with E-state index in [1.54, 1.807) is 4.90 Å². The molecular formula is C21H21N3O3. The number of rotatable bonds is 6. The molecule has 1 saturated heterocycles. The van der Waals surface area contributed by atoms with Crippen molar-refractivity contribution in [2.24, 2.45) is 0 Å². The van der Waals surface area contributed by atoms with Crippen LogP contribution in [-0.2, 0) is 22.6 Å². The highest BCUT2D eigenvalue weighted by molar-refractivity contribution is 5.89. The number of amides is 2. The summed E-state index contributed by atoms with van der Waals surface area (Å²) in [5.74, 6) is -0.00114. The van der Waals surface area contributed by atoms with Crippen LogP contribution in [0.4, 0.5) is 10.5 Å². The molecule has 0 radical (unpaired) electrons. The maximum atomic E-state index is 12.2. The SMILES string of the molecule is O=C(CCn1ccc2ccccc21)NCc1cccc(N2CCOC2=O)c1. The average Bonchev–Trinajstić information content (AvgIpc) is 3.31. The molecule has 27 heavy (non-hydrogen) atoms. The molecule has 0 atom stereocenters. The van der Waals surface area contributed by atoms with E-state index in [9.17, 15) is 9.59 Å². The minimum absolute atomic E-state index is 0.00114. The summed E-state index contributed by atoms with van der Waals surface area (Å²) in [5.41, 5.74) is 2.88. The third kappa shape index (κ3) is 3.79. The van der Waals surface area contributed by atoms with Crippen molar-refractivity contribution in [3.63, 3.8) is 0 Å². The van der Waals surface area contributed by atoms with Crippen LogP contribution in [0.15, 0.2) is 60.8 Å². The zero-order chi connectivity index (χ0) is 18.6. The van der Waals surface area contributed by atoms with Crippen LogP contribution in [0.1, 0.15) is 12.0 Å². The number of carbonyl (C=O) groups is 2. The van der Waals surface area contributed by atoms with E-state index in [1.165, 1.54) is 5.39 Å². The van der Waals surface area contributed by atoms with Gasteiger partial charge in [0.05, 0.1) is 6.54 Å². The molecule has 2 amide bonds. The molecule has 1 aliphatic rings. The molecule has 1 aromatic heterocycles. The van der Waals surface area contributed by atoms with E-state index in [1.807, 2.05) is 42.6 Å². The minimum Gasteiger partial charge on any atom is -0.447 e. The van der Waals surface area contributed by atoms with Crippen LogP contribution in [0, 0.1) is 0 Å². The summed E-state index contributed by atoms with van der Waals surface area (Å²) >= 11 is 0. The Labute approximate surface area is 157 Å². The fourth-order valence-corrected chi connectivity index (χ4v) is 3.31. The number of benzene rings is 2. The molecule has 0 spiro atoms. The number of para-hydroxylation sites is 1. The normalized spacial score (nSPS) is 13.8. The van der Waals surface area contributed by atoms with Crippen molar-refractivity contribution in [3.05, 3.63) is 66.4 Å². The summed E-state index contributed by atoms with van der Waals surface area (Å²) < 4.78 is 7.06. The Morgan fingerprint density at radius 3 is 2.85 bits per heavy atom. The van der Waals surface area contributed by atoms with E-state index in [4.69, 9.17) is 4.74 Å². The highest BCUT2D eigenvalue weighted by atomic mass is 16.6. The highest BCUT2D eigenvalue weighted by Gasteiger charge is 2.23. The number of fused-ring (bicyclic) bond motifs is 1. The Kier molecular flexibility index (Phi) is 4.78. The second kappa shape index (κ2) is 7.53. The van der Waals surface area contributed by atoms with Gasteiger partial charge in [0, 0.05) is 36.9 Å². The van der Waals surface area contributed by atoms with E-state index >= 15 is 0 Å². The molecule has 3 aromatic rings. The molecule has 2 heterocycles. The van der Waals surface area contributed by atoms with E-state index < -0.39 is 0 Å². The van der Waals surface area contributed by atoms with Gasteiger partial charge < -0.3 is 14.6 Å². The molecule has 1 N–H and O–H groups in total. The summed E-state index contributed by atoms with van der Waals surface area (Å²) in [7, 11) is 0. The van der Waals surface area contributed by atoms with Crippen molar-refractivity contribution in [1.29, 1.82) is 0 Å². The van der Waals surface area contributed by atoms with Gasteiger partial charge in [-0.3, -0.25) is 9.69 Å². The fraction of sp³-hybridized carbons (Fsp3) is 0.238. The monoisotopic (exact) mass is 363 g/mol.